The summed E-state index contributed by atoms with van der Waals surface area (Å²) in [4.78, 5) is 22.3. The Kier molecular flexibility index (Phi) is 4.30. The molecule has 1 aromatic rings. The van der Waals surface area contributed by atoms with Gasteiger partial charge in [-0.1, -0.05) is 0 Å². The molecule has 0 unspecified atom stereocenters. The summed E-state index contributed by atoms with van der Waals surface area (Å²) in [6.07, 6.45) is 0. The van der Waals surface area contributed by atoms with Gasteiger partial charge in [0.1, 0.15) is 11.9 Å². The van der Waals surface area contributed by atoms with Crippen LogP contribution in [0.5, 0.6) is 0 Å². The summed E-state index contributed by atoms with van der Waals surface area (Å²) >= 11 is 1.32. The molecule has 0 aliphatic carbocycles. The molecule has 1 aromatic heterocycles. The second kappa shape index (κ2) is 5.36. The zero-order valence-corrected chi connectivity index (χ0v) is 10.9. The van der Waals surface area contributed by atoms with Crippen LogP contribution in [0.2, 0.25) is 0 Å². The van der Waals surface area contributed by atoms with Gasteiger partial charge >= 0.3 is 5.97 Å². The monoisotopic (exact) mass is 272 g/mol. The van der Waals surface area contributed by atoms with E-state index in [2.05, 4.69) is 15.0 Å². The number of nitrogens with two attached hydrogens (primary N) is 3. The molecule has 7 N–H and O–H groups in total. The Hall–Kier alpha value is -1.61. The Morgan fingerprint density at radius 1 is 1.33 bits per heavy atom. The number of carboxylic acids is 1. The molecule has 1 heterocycles. The normalized spacial score (nSPS) is 13.3. The summed E-state index contributed by atoms with van der Waals surface area (Å²) in [5.41, 5.74) is 16.5. The van der Waals surface area contributed by atoms with E-state index in [-0.39, 0.29) is 11.9 Å². The van der Waals surface area contributed by atoms with Crippen LogP contribution < -0.4 is 17.2 Å². The van der Waals surface area contributed by atoms with E-state index in [1.807, 2.05) is 0 Å². The molecule has 0 saturated heterocycles. The number of thioether (sulfide) groups is 1. The van der Waals surface area contributed by atoms with Crippen molar-refractivity contribution in [1.29, 1.82) is 0 Å². The van der Waals surface area contributed by atoms with Crippen molar-refractivity contribution >= 4 is 29.6 Å². The topological polar surface area (TPSA) is 154 Å². The maximum Gasteiger partial charge on any atom is 0.321 e. The lowest BCUT2D eigenvalue weighted by molar-refractivity contribution is -0.139. The van der Waals surface area contributed by atoms with Gasteiger partial charge in [-0.15, -0.1) is 11.8 Å². The summed E-state index contributed by atoms with van der Waals surface area (Å²) in [7, 11) is 0. The predicted octanol–water partition coefficient (Wildman–Crippen LogP) is -0.540. The molecule has 0 aliphatic heterocycles. The molecule has 0 aliphatic rings. The molecular formula is C9H16N6O2S. The van der Waals surface area contributed by atoms with Gasteiger partial charge in [0.25, 0.3) is 0 Å². The van der Waals surface area contributed by atoms with Crippen LogP contribution in [0.1, 0.15) is 19.7 Å². The molecule has 1 rings (SSSR count). The van der Waals surface area contributed by atoms with Crippen LogP contribution in [0, 0.1) is 0 Å². The highest BCUT2D eigenvalue weighted by Gasteiger charge is 2.32. The summed E-state index contributed by atoms with van der Waals surface area (Å²) in [5.74, 6) is -0.222. The van der Waals surface area contributed by atoms with Gasteiger partial charge in [-0.2, -0.15) is 15.0 Å². The van der Waals surface area contributed by atoms with Gasteiger partial charge in [-0.3, -0.25) is 4.79 Å². The summed E-state index contributed by atoms with van der Waals surface area (Å²) < 4.78 is -0.665. The Balaban J connectivity index is 2.72. The molecule has 0 spiro atoms. The van der Waals surface area contributed by atoms with Crippen LogP contribution in [0.3, 0.4) is 0 Å². The highest BCUT2D eigenvalue weighted by molar-refractivity contribution is 7.99. The molecule has 100 valence electrons. The van der Waals surface area contributed by atoms with E-state index >= 15 is 0 Å². The minimum Gasteiger partial charge on any atom is -0.480 e. The molecule has 1 atom stereocenters. The van der Waals surface area contributed by atoms with Crippen molar-refractivity contribution in [2.75, 3.05) is 11.5 Å². The lowest BCUT2D eigenvalue weighted by atomic mass is 10.1. The van der Waals surface area contributed by atoms with Gasteiger partial charge in [-0.05, 0) is 13.8 Å². The molecule has 0 radical (unpaired) electrons. The summed E-state index contributed by atoms with van der Waals surface area (Å²) in [6, 6.07) is -0.987. The zero-order valence-electron chi connectivity index (χ0n) is 10.1. The van der Waals surface area contributed by atoms with Gasteiger partial charge in [0.15, 0.2) is 0 Å². The van der Waals surface area contributed by atoms with E-state index in [0.29, 0.717) is 11.6 Å². The third-order valence-corrected chi connectivity index (χ3v) is 3.71. The van der Waals surface area contributed by atoms with E-state index in [4.69, 9.17) is 22.3 Å². The SMILES string of the molecule is CC(C)(SCc1nc(N)nc(N)n1)[C@@H](N)C(=O)O. The largest absolute Gasteiger partial charge is 0.480 e. The first-order valence-corrected chi connectivity index (χ1v) is 6.09. The zero-order chi connectivity index (χ0) is 13.9. The number of anilines is 2. The van der Waals surface area contributed by atoms with E-state index in [1.165, 1.54) is 11.8 Å². The van der Waals surface area contributed by atoms with Crippen LogP contribution in [0.4, 0.5) is 11.9 Å². The standard InChI is InChI=1S/C9H16N6O2S/c1-9(2,5(10)6(16)17)18-3-4-13-7(11)15-8(12)14-4/h5H,3,10H2,1-2H3,(H,16,17)(H4,11,12,13,14,15)/t5-/m0/s1. The first-order chi connectivity index (χ1) is 8.22. The number of nitrogen functional groups attached to an aromatic ring is 2. The van der Waals surface area contributed by atoms with Crippen molar-refractivity contribution in [3.05, 3.63) is 5.82 Å². The number of hydrogen-bond acceptors (Lipinski definition) is 8. The summed E-state index contributed by atoms with van der Waals surface area (Å²) in [6.45, 7) is 3.48. The van der Waals surface area contributed by atoms with Gasteiger partial charge in [0, 0.05) is 4.75 Å². The molecular weight excluding hydrogens is 256 g/mol. The van der Waals surface area contributed by atoms with E-state index in [1.54, 1.807) is 13.8 Å². The minimum atomic E-state index is -1.05. The Labute approximate surface area is 108 Å². The number of carbonyl (C=O) groups is 1. The van der Waals surface area contributed by atoms with Gasteiger partial charge in [0.2, 0.25) is 11.9 Å². The van der Waals surface area contributed by atoms with Crippen molar-refractivity contribution in [2.24, 2.45) is 5.73 Å². The lowest BCUT2D eigenvalue weighted by Gasteiger charge is -2.27. The van der Waals surface area contributed by atoms with Crippen LogP contribution in [-0.2, 0) is 10.5 Å². The second-order valence-electron chi connectivity index (χ2n) is 4.18. The van der Waals surface area contributed by atoms with Gasteiger partial charge < -0.3 is 22.3 Å². The number of aromatic nitrogens is 3. The molecule has 18 heavy (non-hydrogen) atoms. The number of carboxylic acid groups (broad SMARTS) is 1. The second-order valence-corrected chi connectivity index (χ2v) is 5.81. The predicted molar refractivity (Wildman–Crippen MR) is 69.6 cm³/mol. The average Bonchev–Trinajstić information content (AvgIpc) is 2.24. The van der Waals surface area contributed by atoms with Gasteiger partial charge in [-0.25, -0.2) is 0 Å². The fraction of sp³-hybridized carbons (Fsp3) is 0.556. The third kappa shape index (κ3) is 3.70. The number of aliphatic carboxylic acids is 1. The molecule has 0 fully saturated rings. The maximum atomic E-state index is 10.8. The quantitative estimate of drug-likeness (QED) is 0.553. The van der Waals surface area contributed by atoms with E-state index in [0.717, 1.165) is 0 Å². The smallest absolute Gasteiger partial charge is 0.321 e. The molecule has 9 heteroatoms. The average molecular weight is 272 g/mol. The van der Waals surface area contributed by atoms with Crippen LogP contribution in [0.25, 0.3) is 0 Å². The first-order valence-electron chi connectivity index (χ1n) is 5.10. The maximum absolute atomic E-state index is 10.8. The fourth-order valence-corrected chi connectivity index (χ4v) is 2.07. The Morgan fingerprint density at radius 3 is 2.28 bits per heavy atom. The van der Waals surface area contributed by atoms with E-state index in [9.17, 15) is 4.79 Å². The third-order valence-electron chi connectivity index (χ3n) is 2.30. The van der Waals surface area contributed by atoms with Gasteiger partial charge in [0.05, 0.1) is 5.75 Å². The number of nitrogens with zero attached hydrogens (tertiary/aromatic N) is 3. The molecule has 0 saturated carbocycles. The fourth-order valence-electron chi connectivity index (χ4n) is 1.16. The first kappa shape index (κ1) is 14.5. The number of rotatable bonds is 5. The van der Waals surface area contributed by atoms with Crippen molar-refractivity contribution < 1.29 is 9.90 Å². The minimum absolute atomic E-state index is 0.0402. The van der Waals surface area contributed by atoms with Crippen molar-refractivity contribution in [1.82, 2.24) is 15.0 Å². The number of hydrogen-bond donors (Lipinski definition) is 4. The van der Waals surface area contributed by atoms with E-state index < -0.39 is 16.8 Å². The van der Waals surface area contributed by atoms with Crippen LogP contribution >= 0.6 is 11.8 Å². The molecule has 0 aromatic carbocycles. The Bertz CT molecular complexity index is 432. The lowest BCUT2D eigenvalue weighted by Crippen LogP contribution is -2.46. The highest BCUT2D eigenvalue weighted by Crippen LogP contribution is 2.29. The molecule has 8 nitrogen and oxygen atoms in total. The van der Waals surface area contributed by atoms with Crippen molar-refractivity contribution in [3.8, 4) is 0 Å². The summed E-state index contributed by atoms with van der Waals surface area (Å²) in [5, 5.41) is 8.88. The Morgan fingerprint density at radius 2 is 1.83 bits per heavy atom. The van der Waals surface area contributed by atoms with Crippen LogP contribution in [-0.4, -0.2) is 36.8 Å². The van der Waals surface area contributed by atoms with Crippen LogP contribution in [0.15, 0.2) is 0 Å². The van der Waals surface area contributed by atoms with Crippen molar-refractivity contribution in [2.45, 2.75) is 30.4 Å². The molecule has 0 amide bonds. The molecule has 0 bridgehead atoms. The highest BCUT2D eigenvalue weighted by atomic mass is 32.2. The van der Waals surface area contributed by atoms with Crippen molar-refractivity contribution in [3.63, 3.8) is 0 Å².